The standard InChI is InChI=1S/C15H23N3O/c1-2-18(10-12-8-9-12)11-14(15(16)17-19)13-6-4-3-5-7-13/h3-7,12,14,19H,2,8-11H2,1H3,(H2,16,17). The minimum absolute atomic E-state index is 0.0371. The summed E-state index contributed by atoms with van der Waals surface area (Å²) in [7, 11) is 0. The molecule has 1 aliphatic carbocycles. The first-order valence-electron chi connectivity index (χ1n) is 6.99. The van der Waals surface area contributed by atoms with E-state index in [0.29, 0.717) is 5.84 Å². The predicted molar refractivity (Wildman–Crippen MR) is 77.4 cm³/mol. The normalized spacial score (nSPS) is 17.7. The van der Waals surface area contributed by atoms with Crippen molar-refractivity contribution in [1.29, 1.82) is 0 Å². The maximum atomic E-state index is 8.99. The highest BCUT2D eigenvalue weighted by Crippen LogP contribution is 2.30. The number of nitrogens with two attached hydrogens (primary N) is 1. The highest BCUT2D eigenvalue weighted by Gasteiger charge is 2.26. The summed E-state index contributed by atoms with van der Waals surface area (Å²) >= 11 is 0. The first-order valence-corrected chi connectivity index (χ1v) is 6.99. The zero-order valence-corrected chi connectivity index (χ0v) is 11.5. The minimum atomic E-state index is -0.0371. The van der Waals surface area contributed by atoms with Crippen LogP contribution in [0.3, 0.4) is 0 Å². The molecule has 1 aliphatic rings. The number of rotatable bonds is 7. The molecular formula is C15H23N3O. The number of hydrogen-bond acceptors (Lipinski definition) is 3. The van der Waals surface area contributed by atoms with Gasteiger partial charge in [-0.3, -0.25) is 0 Å². The van der Waals surface area contributed by atoms with E-state index < -0.39 is 0 Å². The van der Waals surface area contributed by atoms with Crippen LogP contribution in [0.1, 0.15) is 31.2 Å². The Bertz CT molecular complexity index is 415. The smallest absolute Gasteiger partial charge is 0.147 e. The van der Waals surface area contributed by atoms with Crippen LogP contribution in [-0.2, 0) is 0 Å². The second kappa shape index (κ2) is 6.57. The monoisotopic (exact) mass is 261 g/mol. The quantitative estimate of drug-likeness (QED) is 0.342. The van der Waals surface area contributed by atoms with Crippen LogP contribution in [-0.4, -0.2) is 35.6 Å². The summed E-state index contributed by atoms with van der Waals surface area (Å²) in [6.45, 7) is 5.10. The van der Waals surface area contributed by atoms with Gasteiger partial charge in [-0.25, -0.2) is 0 Å². The third-order valence-corrected chi connectivity index (χ3v) is 3.78. The van der Waals surface area contributed by atoms with Crippen molar-refractivity contribution < 1.29 is 5.21 Å². The Labute approximate surface area is 114 Å². The molecule has 3 N–H and O–H groups in total. The number of likely N-dealkylation sites (N-methyl/N-ethyl adjacent to an activating group) is 1. The number of hydrogen-bond donors (Lipinski definition) is 2. The van der Waals surface area contributed by atoms with Gasteiger partial charge in [0.15, 0.2) is 0 Å². The van der Waals surface area contributed by atoms with E-state index in [1.54, 1.807) is 0 Å². The molecule has 0 saturated heterocycles. The fourth-order valence-corrected chi connectivity index (χ4v) is 2.38. The number of oxime groups is 1. The largest absolute Gasteiger partial charge is 0.409 e. The van der Waals surface area contributed by atoms with Gasteiger partial charge in [-0.15, -0.1) is 0 Å². The van der Waals surface area contributed by atoms with Gasteiger partial charge in [0, 0.05) is 13.1 Å². The fourth-order valence-electron chi connectivity index (χ4n) is 2.38. The van der Waals surface area contributed by atoms with Gasteiger partial charge < -0.3 is 15.8 Å². The molecule has 1 saturated carbocycles. The van der Waals surface area contributed by atoms with E-state index in [0.717, 1.165) is 31.1 Å². The minimum Gasteiger partial charge on any atom is -0.409 e. The lowest BCUT2D eigenvalue weighted by Gasteiger charge is -2.26. The van der Waals surface area contributed by atoms with E-state index in [2.05, 4.69) is 17.0 Å². The molecule has 0 radical (unpaired) electrons. The lowest BCUT2D eigenvalue weighted by atomic mass is 9.97. The van der Waals surface area contributed by atoms with Crippen LogP contribution in [0.4, 0.5) is 0 Å². The molecular weight excluding hydrogens is 238 g/mol. The summed E-state index contributed by atoms with van der Waals surface area (Å²) in [5.41, 5.74) is 6.98. The van der Waals surface area contributed by atoms with Crippen molar-refractivity contribution in [1.82, 2.24) is 4.90 Å². The third-order valence-electron chi connectivity index (χ3n) is 3.78. The van der Waals surface area contributed by atoms with E-state index in [4.69, 9.17) is 10.9 Å². The Morgan fingerprint density at radius 1 is 1.42 bits per heavy atom. The SMILES string of the molecule is CCN(CC1CC1)CC(C(N)=NO)c1ccccc1. The fraction of sp³-hybridized carbons (Fsp3) is 0.533. The zero-order valence-electron chi connectivity index (χ0n) is 11.5. The van der Waals surface area contributed by atoms with Crippen molar-refractivity contribution in [3.8, 4) is 0 Å². The van der Waals surface area contributed by atoms with Crippen molar-refractivity contribution in [3.05, 3.63) is 35.9 Å². The summed E-state index contributed by atoms with van der Waals surface area (Å²) in [5.74, 6) is 1.11. The molecule has 104 valence electrons. The molecule has 2 rings (SSSR count). The Kier molecular flexibility index (Phi) is 4.80. The molecule has 4 nitrogen and oxygen atoms in total. The molecule has 0 spiro atoms. The summed E-state index contributed by atoms with van der Waals surface area (Å²) in [5, 5.41) is 12.2. The molecule has 0 aliphatic heterocycles. The molecule has 1 aromatic rings. The molecule has 0 bridgehead atoms. The van der Waals surface area contributed by atoms with Crippen LogP contribution >= 0.6 is 0 Å². The molecule has 19 heavy (non-hydrogen) atoms. The molecule has 1 atom stereocenters. The molecule has 0 amide bonds. The second-order valence-electron chi connectivity index (χ2n) is 5.28. The van der Waals surface area contributed by atoms with Crippen molar-refractivity contribution >= 4 is 5.84 Å². The van der Waals surface area contributed by atoms with Crippen molar-refractivity contribution in [3.63, 3.8) is 0 Å². The number of nitrogens with zero attached hydrogens (tertiary/aromatic N) is 2. The van der Waals surface area contributed by atoms with Crippen LogP contribution in [0.5, 0.6) is 0 Å². The van der Waals surface area contributed by atoms with Crippen molar-refractivity contribution in [2.75, 3.05) is 19.6 Å². The first kappa shape index (κ1) is 13.9. The molecule has 1 fully saturated rings. The van der Waals surface area contributed by atoms with E-state index in [9.17, 15) is 0 Å². The van der Waals surface area contributed by atoms with Crippen LogP contribution in [0.15, 0.2) is 35.5 Å². The Hall–Kier alpha value is -1.55. The van der Waals surface area contributed by atoms with E-state index in [1.807, 2.05) is 30.3 Å². The average molecular weight is 261 g/mol. The Morgan fingerprint density at radius 3 is 2.63 bits per heavy atom. The maximum Gasteiger partial charge on any atom is 0.147 e. The molecule has 4 heteroatoms. The second-order valence-corrected chi connectivity index (χ2v) is 5.28. The number of amidine groups is 1. The molecule has 1 unspecified atom stereocenters. The highest BCUT2D eigenvalue weighted by molar-refractivity contribution is 5.87. The molecule has 0 aromatic heterocycles. The lowest BCUT2D eigenvalue weighted by Crippen LogP contribution is -2.36. The highest BCUT2D eigenvalue weighted by atomic mass is 16.4. The zero-order chi connectivity index (χ0) is 13.7. The first-order chi connectivity index (χ1) is 9.24. The van der Waals surface area contributed by atoms with Gasteiger partial charge in [0.2, 0.25) is 0 Å². The van der Waals surface area contributed by atoms with Gasteiger partial charge in [-0.05, 0) is 30.9 Å². The predicted octanol–water partition coefficient (Wildman–Crippen LogP) is 2.25. The van der Waals surface area contributed by atoms with E-state index >= 15 is 0 Å². The maximum absolute atomic E-state index is 8.99. The summed E-state index contributed by atoms with van der Waals surface area (Å²) in [4.78, 5) is 2.40. The van der Waals surface area contributed by atoms with Gasteiger partial charge in [-0.1, -0.05) is 42.4 Å². The molecule has 0 heterocycles. The van der Waals surface area contributed by atoms with Crippen LogP contribution < -0.4 is 5.73 Å². The van der Waals surface area contributed by atoms with Gasteiger partial charge in [0.05, 0.1) is 5.92 Å². The molecule has 1 aromatic carbocycles. The van der Waals surface area contributed by atoms with Crippen LogP contribution in [0.2, 0.25) is 0 Å². The Balaban J connectivity index is 2.08. The van der Waals surface area contributed by atoms with Crippen LogP contribution in [0, 0.1) is 5.92 Å². The van der Waals surface area contributed by atoms with Crippen LogP contribution in [0.25, 0.3) is 0 Å². The summed E-state index contributed by atoms with van der Waals surface area (Å²) in [6, 6.07) is 10.0. The number of benzene rings is 1. The van der Waals surface area contributed by atoms with Gasteiger partial charge in [0.1, 0.15) is 5.84 Å². The van der Waals surface area contributed by atoms with Crippen molar-refractivity contribution in [2.45, 2.75) is 25.7 Å². The average Bonchev–Trinajstić information content (AvgIpc) is 3.27. The topological polar surface area (TPSA) is 61.8 Å². The van der Waals surface area contributed by atoms with Gasteiger partial charge in [0.25, 0.3) is 0 Å². The summed E-state index contributed by atoms with van der Waals surface area (Å²) in [6.07, 6.45) is 2.69. The van der Waals surface area contributed by atoms with Crippen molar-refractivity contribution in [2.24, 2.45) is 16.8 Å². The van der Waals surface area contributed by atoms with Gasteiger partial charge in [-0.2, -0.15) is 0 Å². The van der Waals surface area contributed by atoms with E-state index in [1.165, 1.54) is 12.8 Å². The lowest BCUT2D eigenvalue weighted by molar-refractivity contribution is 0.269. The Morgan fingerprint density at radius 2 is 2.11 bits per heavy atom. The summed E-state index contributed by atoms with van der Waals surface area (Å²) < 4.78 is 0. The third kappa shape index (κ3) is 3.96. The van der Waals surface area contributed by atoms with E-state index in [-0.39, 0.29) is 5.92 Å². The van der Waals surface area contributed by atoms with Gasteiger partial charge >= 0.3 is 0 Å².